The van der Waals surface area contributed by atoms with Gasteiger partial charge in [-0.25, -0.2) is 0 Å². The van der Waals surface area contributed by atoms with E-state index in [-0.39, 0.29) is 0 Å². The van der Waals surface area contributed by atoms with E-state index in [0.29, 0.717) is 12.0 Å². The van der Waals surface area contributed by atoms with E-state index in [1.54, 1.807) is 0 Å². The van der Waals surface area contributed by atoms with E-state index >= 15 is 0 Å². The molecule has 1 aliphatic heterocycles. The Morgan fingerprint density at radius 2 is 2.05 bits per heavy atom. The van der Waals surface area contributed by atoms with Gasteiger partial charge in [0.2, 0.25) is 0 Å². The van der Waals surface area contributed by atoms with Crippen molar-refractivity contribution < 1.29 is 0 Å². The fourth-order valence-electron chi connectivity index (χ4n) is 3.43. The second-order valence-corrected chi connectivity index (χ2v) is 6.08. The van der Waals surface area contributed by atoms with Gasteiger partial charge in [0.15, 0.2) is 0 Å². The third kappa shape index (κ3) is 2.53. The maximum atomic E-state index is 6.14. The molecule has 1 aromatic heterocycles. The summed E-state index contributed by atoms with van der Waals surface area (Å²) >= 11 is 0. The number of nitrogens with zero attached hydrogens (tertiary/aromatic N) is 2. The monoisotopic (exact) mass is 257 g/mol. The molecule has 0 aliphatic carbocycles. The van der Waals surface area contributed by atoms with Gasteiger partial charge in [0.05, 0.1) is 0 Å². The maximum absolute atomic E-state index is 6.14. The van der Waals surface area contributed by atoms with Gasteiger partial charge in [-0.15, -0.1) is 0 Å². The van der Waals surface area contributed by atoms with E-state index in [1.807, 2.05) is 0 Å². The molecule has 2 aromatic rings. The predicted molar refractivity (Wildman–Crippen MR) is 80.0 cm³/mol. The van der Waals surface area contributed by atoms with E-state index in [2.05, 4.69) is 53.9 Å². The first-order valence-electron chi connectivity index (χ1n) is 7.14. The first-order valence-corrected chi connectivity index (χ1v) is 7.14. The Morgan fingerprint density at radius 1 is 1.26 bits per heavy atom. The average Bonchev–Trinajstić information content (AvgIpc) is 2.66. The number of aryl methyl sites for hydroxylation is 1. The Bertz CT molecular complexity index is 562. The zero-order valence-corrected chi connectivity index (χ0v) is 11.8. The van der Waals surface area contributed by atoms with Gasteiger partial charge in [-0.3, -0.25) is 4.90 Å². The van der Waals surface area contributed by atoms with Crippen LogP contribution in [0, 0.1) is 5.92 Å². The highest BCUT2D eigenvalue weighted by molar-refractivity contribution is 5.83. The number of hydrogen-bond acceptors (Lipinski definition) is 2. The maximum Gasteiger partial charge on any atom is 0.0481 e. The van der Waals surface area contributed by atoms with Crippen molar-refractivity contribution in [1.82, 2.24) is 9.47 Å². The highest BCUT2D eigenvalue weighted by Gasteiger charge is 2.22. The van der Waals surface area contributed by atoms with E-state index in [9.17, 15) is 0 Å². The van der Waals surface area contributed by atoms with Gasteiger partial charge < -0.3 is 10.3 Å². The van der Waals surface area contributed by atoms with Crippen molar-refractivity contribution in [3.63, 3.8) is 0 Å². The summed E-state index contributed by atoms with van der Waals surface area (Å²) in [5.41, 5.74) is 8.87. The molecule has 2 heterocycles. The van der Waals surface area contributed by atoms with Crippen LogP contribution in [0.2, 0.25) is 0 Å². The summed E-state index contributed by atoms with van der Waals surface area (Å²) in [7, 11) is 2.12. The number of rotatable bonds is 2. The quantitative estimate of drug-likeness (QED) is 0.896. The molecule has 2 unspecified atom stereocenters. The lowest BCUT2D eigenvalue weighted by Gasteiger charge is -2.34. The van der Waals surface area contributed by atoms with Crippen LogP contribution in [0.15, 0.2) is 30.5 Å². The van der Waals surface area contributed by atoms with Crippen LogP contribution in [0.3, 0.4) is 0 Å². The second kappa shape index (κ2) is 4.99. The third-order valence-electron chi connectivity index (χ3n) is 4.14. The minimum absolute atomic E-state index is 0.332. The van der Waals surface area contributed by atoms with E-state index in [4.69, 9.17) is 5.73 Å². The van der Waals surface area contributed by atoms with Crippen LogP contribution < -0.4 is 5.73 Å². The number of nitrogens with two attached hydrogens (primary N) is 1. The molecule has 0 radical (unpaired) electrons. The molecular weight excluding hydrogens is 234 g/mol. The normalized spacial score (nSPS) is 25.0. The van der Waals surface area contributed by atoms with Crippen molar-refractivity contribution in [2.75, 3.05) is 13.1 Å². The summed E-state index contributed by atoms with van der Waals surface area (Å²) in [4.78, 5) is 2.50. The first-order chi connectivity index (χ1) is 9.13. The number of likely N-dealkylation sites (tertiary alicyclic amines) is 1. The topological polar surface area (TPSA) is 34.2 Å². The van der Waals surface area contributed by atoms with E-state index < -0.39 is 0 Å². The molecule has 0 bridgehead atoms. The Hall–Kier alpha value is -1.32. The number of hydrogen-bond donors (Lipinski definition) is 1. The van der Waals surface area contributed by atoms with Crippen LogP contribution in [0.1, 0.15) is 18.9 Å². The van der Waals surface area contributed by atoms with Gasteiger partial charge >= 0.3 is 0 Å². The highest BCUT2D eigenvalue weighted by atomic mass is 15.1. The molecular formula is C16H23N3. The fourth-order valence-corrected chi connectivity index (χ4v) is 3.43. The number of benzene rings is 1. The Morgan fingerprint density at radius 3 is 2.84 bits per heavy atom. The van der Waals surface area contributed by atoms with Crippen molar-refractivity contribution in [3.05, 3.63) is 36.0 Å². The van der Waals surface area contributed by atoms with Crippen LogP contribution in [-0.4, -0.2) is 28.6 Å². The van der Waals surface area contributed by atoms with Gasteiger partial charge in [-0.1, -0.05) is 25.1 Å². The van der Waals surface area contributed by atoms with Crippen molar-refractivity contribution in [2.24, 2.45) is 18.7 Å². The predicted octanol–water partition coefficient (Wildman–Crippen LogP) is 2.35. The molecule has 0 saturated carbocycles. The average molecular weight is 257 g/mol. The van der Waals surface area contributed by atoms with Gasteiger partial charge in [0, 0.05) is 49.8 Å². The standard InChI is InChI=1S/C16H23N3/c1-12-7-14(17)11-19(8-12)10-13-9-18(2)16-6-4-3-5-15(13)16/h3-6,9,12,14H,7-8,10-11,17H2,1-2H3. The van der Waals surface area contributed by atoms with Crippen molar-refractivity contribution >= 4 is 10.9 Å². The summed E-state index contributed by atoms with van der Waals surface area (Å²) in [6.45, 7) is 5.50. The molecule has 2 atom stereocenters. The van der Waals surface area contributed by atoms with Gasteiger partial charge in [-0.05, 0) is 24.0 Å². The molecule has 19 heavy (non-hydrogen) atoms. The zero-order valence-electron chi connectivity index (χ0n) is 11.8. The summed E-state index contributed by atoms with van der Waals surface area (Å²) in [5, 5.41) is 1.37. The number of para-hydroxylation sites is 1. The first kappa shape index (κ1) is 12.7. The third-order valence-corrected chi connectivity index (χ3v) is 4.14. The van der Waals surface area contributed by atoms with Crippen molar-refractivity contribution in [2.45, 2.75) is 25.9 Å². The Kier molecular flexibility index (Phi) is 3.33. The Balaban J connectivity index is 1.85. The fraction of sp³-hybridized carbons (Fsp3) is 0.500. The molecule has 3 nitrogen and oxygen atoms in total. The van der Waals surface area contributed by atoms with Gasteiger partial charge in [0.25, 0.3) is 0 Å². The smallest absolute Gasteiger partial charge is 0.0481 e. The van der Waals surface area contributed by atoms with Crippen LogP contribution in [-0.2, 0) is 13.6 Å². The van der Waals surface area contributed by atoms with Crippen LogP contribution >= 0.6 is 0 Å². The van der Waals surface area contributed by atoms with E-state index in [0.717, 1.165) is 26.1 Å². The molecule has 102 valence electrons. The number of aromatic nitrogens is 1. The molecule has 1 fully saturated rings. The Labute approximate surface area is 115 Å². The number of fused-ring (bicyclic) bond motifs is 1. The second-order valence-electron chi connectivity index (χ2n) is 6.08. The van der Waals surface area contributed by atoms with Crippen LogP contribution in [0.5, 0.6) is 0 Å². The highest BCUT2D eigenvalue weighted by Crippen LogP contribution is 2.24. The number of piperidine rings is 1. The van der Waals surface area contributed by atoms with Crippen LogP contribution in [0.25, 0.3) is 10.9 Å². The lowest BCUT2D eigenvalue weighted by atomic mass is 9.96. The zero-order chi connectivity index (χ0) is 13.4. The minimum atomic E-state index is 0.332. The lowest BCUT2D eigenvalue weighted by Crippen LogP contribution is -2.45. The summed E-state index contributed by atoms with van der Waals surface area (Å²) in [6, 6.07) is 8.96. The summed E-state index contributed by atoms with van der Waals surface area (Å²) < 4.78 is 2.22. The molecule has 3 rings (SSSR count). The van der Waals surface area contributed by atoms with E-state index in [1.165, 1.54) is 16.5 Å². The lowest BCUT2D eigenvalue weighted by molar-refractivity contribution is 0.159. The molecule has 2 N–H and O–H groups in total. The molecule has 3 heteroatoms. The molecule has 1 aromatic carbocycles. The summed E-state index contributed by atoms with van der Waals surface area (Å²) in [5.74, 6) is 0.707. The van der Waals surface area contributed by atoms with Crippen molar-refractivity contribution in [1.29, 1.82) is 0 Å². The van der Waals surface area contributed by atoms with Gasteiger partial charge in [0.1, 0.15) is 0 Å². The SMILES string of the molecule is CC1CC(N)CN(Cc2cn(C)c3ccccc23)C1. The molecule has 0 amide bonds. The molecule has 1 saturated heterocycles. The van der Waals surface area contributed by atoms with Crippen molar-refractivity contribution in [3.8, 4) is 0 Å². The molecule has 0 spiro atoms. The largest absolute Gasteiger partial charge is 0.350 e. The van der Waals surface area contributed by atoms with Gasteiger partial charge in [-0.2, -0.15) is 0 Å². The summed E-state index contributed by atoms with van der Waals surface area (Å²) in [6.07, 6.45) is 3.42. The molecule has 1 aliphatic rings. The van der Waals surface area contributed by atoms with Crippen LogP contribution in [0.4, 0.5) is 0 Å². The minimum Gasteiger partial charge on any atom is -0.350 e.